The summed E-state index contributed by atoms with van der Waals surface area (Å²) in [7, 11) is 3.89. The van der Waals surface area contributed by atoms with Gasteiger partial charge in [-0.3, -0.25) is 0 Å². The van der Waals surface area contributed by atoms with Gasteiger partial charge in [-0.1, -0.05) is 13.8 Å². The largest absolute Gasteiger partial charge is 0.380 e. The molecule has 0 saturated carbocycles. The molecule has 0 amide bonds. The summed E-state index contributed by atoms with van der Waals surface area (Å²) in [6, 6.07) is 0. The number of nitrogens with zero attached hydrogens (tertiary/aromatic N) is 1. The van der Waals surface area contributed by atoms with E-state index in [4.69, 9.17) is 4.74 Å². The van der Waals surface area contributed by atoms with Crippen LogP contribution in [0.4, 0.5) is 0 Å². The Morgan fingerprint density at radius 1 is 1.38 bits per heavy atom. The van der Waals surface area contributed by atoms with Crippen LogP contribution in [-0.4, -0.2) is 51.3 Å². The third kappa shape index (κ3) is 3.44. The van der Waals surface area contributed by atoms with Crippen molar-refractivity contribution in [2.45, 2.75) is 39.2 Å². The van der Waals surface area contributed by atoms with Gasteiger partial charge in [0.1, 0.15) is 0 Å². The van der Waals surface area contributed by atoms with Gasteiger partial charge in [-0.25, -0.2) is 0 Å². The SMILES string of the molecule is CCC(CC)(CNC)CN1CCC(OC)C1. The molecule has 1 heterocycles. The topological polar surface area (TPSA) is 24.5 Å². The van der Waals surface area contributed by atoms with E-state index in [1.54, 1.807) is 0 Å². The molecule has 16 heavy (non-hydrogen) atoms. The zero-order chi connectivity index (χ0) is 12.0. The maximum absolute atomic E-state index is 5.43. The van der Waals surface area contributed by atoms with Crippen LogP contribution in [0.15, 0.2) is 0 Å². The van der Waals surface area contributed by atoms with Crippen molar-refractivity contribution < 1.29 is 4.74 Å². The number of likely N-dealkylation sites (tertiary alicyclic amines) is 1. The van der Waals surface area contributed by atoms with E-state index >= 15 is 0 Å². The minimum Gasteiger partial charge on any atom is -0.380 e. The fourth-order valence-corrected chi connectivity index (χ4v) is 2.76. The van der Waals surface area contributed by atoms with Gasteiger partial charge in [0.05, 0.1) is 6.10 Å². The monoisotopic (exact) mass is 228 g/mol. The van der Waals surface area contributed by atoms with E-state index in [0.717, 1.165) is 13.1 Å². The van der Waals surface area contributed by atoms with Crippen LogP contribution in [0.5, 0.6) is 0 Å². The predicted octanol–water partition coefficient (Wildman–Crippen LogP) is 1.73. The molecule has 0 bridgehead atoms. The fraction of sp³-hybridized carbons (Fsp3) is 1.00. The van der Waals surface area contributed by atoms with E-state index in [1.807, 2.05) is 7.11 Å². The van der Waals surface area contributed by atoms with Gasteiger partial charge in [-0.15, -0.1) is 0 Å². The molecule has 1 rings (SSSR count). The molecular weight excluding hydrogens is 200 g/mol. The molecule has 1 aliphatic rings. The first-order chi connectivity index (χ1) is 7.69. The number of rotatable bonds is 7. The molecule has 1 atom stereocenters. The molecule has 0 aromatic rings. The highest BCUT2D eigenvalue weighted by atomic mass is 16.5. The number of hydrogen-bond donors (Lipinski definition) is 1. The summed E-state index contributed by atoms with van der Waals surface area (Å²) in [5.41, 5.74) is 0.442. The van der Waals surface area contributed by atoms with E-state index in [9.17, 15) is 0 Å². The van der Waals surface area contributed by atoms with Gasteiger partial charge >= 0.3 is 0 Å². The lowest BCUT2D eigenvalue weighted by Crippen LogP contribution is -2.42. The standard InChI is InChI=1S/C13H28N2O/c1-5-13(6-2,10-14-3)11-15-8-7-12(9-15)16-4/h12,14H,5-11H2,1-4H3. The van der Waals surface area contributed by atoms with E-state index in [1.165, 1.54) is 32.4 Å². The smallest absolute Gasteiger partial charge is 0.0710 e. The van der Waals surface area contributed by atoms with E-state index < -0.39 is 0 Å². The summed E-state index contributed by atoms with van der Waals surface area (Å²) < 4.78 is 5.43. The highest BCUT2D eigenvalue weighted by Gasteiger charge is 2.31. The molecule has 1 saturated heterocycles. The quantitative estimate of drug-likeness (QED) is 0.718. The zero-order valence-corrected chi connectivity index (χ0v) is 11.4. The maximum atomic E-state index is 5.43. The Balaban J connectivity index is 2.48. The second-order valence-electron chi connectivity index (χ2n) is 5.12. The third-order valence-corrected chi connectivity index (χ3v) is 4.17. The molecule has 1 unspecified atom stereocenters. The van der Waals surface area contributed by atoms with Crippen LogP contribution in [-0.2, 0) is 4.74 Å². The average Bonchev–Trinajstić information content (AvgIpc) is 2.76. The molecule has 3 nitrogen and oxygen atoms in total. The molecule has 1 N–H and O–H groups in total. The number of ether oxygens (including phenoxy) is 1. The van der Waals surface area contributed by atoms with E-state index in [2.05, 4.69) is 31.1 Å². The number of nitrogens with one attached hydrogen (secondary N) is 1. The number of hydrogen-bond acceptors (Lipinski definition) is 3. The van der Waals surface area contributed by atoms with Crippen molar-refractivity contribution in [3.8, 4) is 0 Å². The van der Waals surface area contributed by atoms with Crippen molar-refractivity contribution in [3.63, 3.8) is 0 Å². The molecule has 0 aromatic carbocycles. The first-order valence-corrected chi connectivity index (χ1v) is 6.59. The van der Waals surface area contributed by atoms with Crippen LogP contribution in [0.3, 0.4) is 0 Å². The first kappa shape index (κ1) is 13.9. The predicted molar refractivity (Wildman–Crippen MR) is 68.8 cm³/mol. The molecule has 0 spiro atoms. The van der Waals surface area contributed by atoms with Crippen LogP contribution < -0.4 is 5.32 Å². The number of methoxy groups -OCH3 is 1. The normalized spacial score (nSPS) is 22.9. The molecule has 1 aliphatic heterocycles. The molecule has 0 radical (unpaired) electrons. The van der Waals surface area contributed by atoms with Crippen molar-refractivity contribution in [1.82, 2.24) is 10.2 Å². The van der Waals surface area contributed by atoms with Crippen LogP contribution in [0.2, 0.25) is 0 Å². The molecule has 3 heteroatoms. The van der Waals surface area contributed by atoms with Crippen LogP contribution in [0, 0.1) is 5.41 Å². The lowest BCUT2D eigenvalue weighted by Gasteiger charge is -2.35. The van der Waals surface area contributed by atoms with Gasteiger partial charge in [0.15, 0.2) is 0 Å². The Bertz CT molecular complexity index is 192. The second kappa shape index (κ2) is 6.58. The molecule has 0 aromatic heterocycles. The Hall–Kier alpha value is -0.120. The Labute approximate surface area is 101 Å². The van der Waals surface area contributed by atoms with Gasteiger partial charge in [0.2, 0.25) is 0 Å². The Kier molecular flexibility index (Phi) is 5.73. The van der Waals surface area contributed by atoms with Crippen molar-refractivity contribution in [1.29, 1.82) is 0 Å². The molecule has 96 valence electrons. The summed E-state index contributed by atoms with van der Waals surface area (Å²) in [5.74, 6) is 0. The average molecular weight is 228 g/mol. The lowest BCUT2D eigenvalue weighted by atomic mass is 9.81. The van der Waals surface area contributed by atoms with E-state index in [0.29, 0.717) is 11.5 Å². The molecule has 0 aliphatic carbocycles. The van der Waals surface area contributed by atoms with Crippen molar-refractivity contribution in [3.05, 3.63) is 0 Å². The van der Waals surface area contributed by atoms with Gasteiger partial charge in [-0.2, -0.15) is 0 Å². The van der Waals surface area contributed by atoms with Crippen LogP contribution in [0.1, 0.15) is 33.1 Å². The van der Waals surface area contributed by atoms with Crippen molar-refractivity contribution in [2.24, 2.45) is 5.41 Å². The Morgan fingerprint density at radius 2 is 2.06 bits per heavy atom. The zero-order valence-electron chi connectivity index (χ0n) is 11.4. The van der Waals surface area contributed by atoms with Crippen LogP contribution in [0.25, 0.3) is 0 Å². The minimum atomic E-state index is 0.442. The van der Waals surface area contributed by atoms with Crippen LogP contribution >= 0.6 is 0 Å². The van der Waals surface area contributed by atoms with Crippen molar-refractivity contribution in [2.75, 3.05) is 40.3 Å². The van der Waals surface area contributed by atoms with Gasteiger partial charge in [-0.05, 0) is 31.7 Å². The van der Waals surface area contributed by atoms with Gasteiger partial charge in [0, 0.05) is 33.3 Å². The summed E-state index contributed by atoms with van der Waals surface area (Å²) in [6.45, 7) is 9.26. The summed E-state index contributed by atoms with van der Waals surface area (Å²) in [6.07, 6.45) is 4.15. The fourth-order valence-electron chi connectivity index (χ4n) is 2.76. The highest BCUT2D eigenvalue weighted by molar-refractivity contribution is 4.86. The maximum Gasteiger partial charge on any atom is 0.0710 e. The van der Waals surface area contributed by atoms with Crippen molar-refractivity contribution >= 4 is 0 Å². The van der Waals surface area contributed by atoms with Gasteiger partial charge in [0.25, 0.3) is 0 Å². The highest BCUT2D eigenvalue weighted by Crippen LogP contribution is 2.28. The third-order valence-electron chi connectivity index (χ3n) is 4.17. The summed E-state index contributed by atoms with van der Waals surface area (Å²) in [4.78, 5) is 2.57. The molecule has 1 fully saturated rings. The Morgan fingerprint density at radius 3 is 2.50 bits per heavy atom. The summed E-state index contributed by atoms with van der Waals surface area (Å²) in [5, 5.41) is 3.35. The molecular formula is C13H28N2O. The first-order valence-electron chi connectivity index (χ1n) is 6.59. The van der Waals surface area contributed by atoms with E-state index in [-0.39, 0.29) is 0 Å². The van der Waals surface area contributed by atoms with Gasteiger partial charge < -0.3 is 15.0 Å². The minimum absolute atomic E-state index is 0.442. The summed E-state index contributed by atoms with van der Waals surface area (Å²) >= 11 is 0. The second-order valence-corrected chi connectivity index (χ2v) is 5.12. The lowest BCUT2D eigenvalue weighted by molar-refractivity contribution is 0.0945.